The first-order valence-electron chi connectivity index (χ1n) is 3.08. The summed E-state index contributed by atoms with van der Waals surface area (Å²) < 4.78 is 0. The maximum atomic E-state index is 10.3. The molecule has 0 N–H and O–H groups in total. The van der Waals surface area contributed by atoms with Crippen LogP contribution in [0.2, 0.25) is 0 Å². The molecular formula is C6H2N2O4. The Balaban J connectivity index is 2.59. The molecule has 0 bridgehead atoms. The Labute approximate surface area is 65.7 Å². The minimum atomic E-state index is -0.738. The van der Waals surface area contributed by atoms with Crippen molar-refractivity contribution in [1.82, 2.24) is 0 Å². The van der Waals surface area contributed by atoms with Crippen LogP contribution in [0.15, 0.2) is 12.1 Å². The van der Waals surface area contributed by atoms with E-state index in [4.69, 9.17) is 0 Å². The molecule has 2 aliphatic rings. The molecule has 60 valence electrons. The van der Waals surface area contributed by atoms with Gasteiger partial charge in [-0.2, -0.15) is 0 Å². The highest BCUT2D eigenvalue weighted by Crippen LogP contribution is 2.50. The fraction of sp³-hybridized carbons (Fsp3) is 0. The zero-order valence-electron chi connectivity index (χ0n) is 5.68. The van der Waals surface area contributed by atoms with Crippen molar-refractivity contribution in [3.8, 4) is 11.1 Å². The van der Waals surface area contributed by atoms with E-state index in [1.807, 2.05) is 0 Å². The highest BCUT2D eigenvalue weighted by Gasteiger charge is 2.38. The monoisotopic (exact) mass is 166 g/mol. The van der Waals surface area contributed by atoms with E-state index in [2.05, 4.69) is 0 Å². The van der Waals surface area contributed by atoms with E-state index in [1.165, 1.54) is 6.07 Å². The standard InChI is InChI=1S/C6H2N2O4/c9-7(10)5-2-3-1-4(3)6(5)8(11)12/h1-2H. The largest absolute Gasteiger partial charge is 0.353 e. The molecule has 2 aliphatic carbocycles. The first-order valence-corrected chi connectivity index (χ1v) is 3.08. The van der Waals surface area contributed by atoms with Crippen molar-refractivity contribution in [2.24, 2.45) is 0 Å². The zero-order valence-corrected chi connectivity index (χ0v) is 5.68. The molecule has 0 aliphatic heterocycles. The second kappa shape index (κ2) is 1.79. The summed E-state index contributed by atoms with van der Waals surface area (Å²) in [5, 5.41) is 20.6. The molecule has 0 unspecified atom stereocenters. The van der Waals surface area contributed by atoms with Gasteiger partial charge in [-0.05, 0) is 11.6 Å². The summed E-state index contributed by atoms with van der Waals surface area (Å²) in [5.74, 6) is 0. The maximum Gasteiger partial charge on any atom is 0.353 e. The molecule has 0 fully saturated rings. The van der Waals surface area contributed by atoms with Gasteiger partial charge in [0.1, 0.15) is 0 Å². The van der Waals surface area contributed by atoms with Crippen LogP contribution in [0.3, 0.4) is 0 Å². The van der Waals surface area contributed by atoms with Crippen LogP contribution in [0.4, 0.5) is 11.4 Å². The number of benzene rings is 1. The van der Waals surface area contributed by atoms with Crippen LogP contribution in [-0.4, -0.2) is 9.85 Å². The predicted molar refractivity (Wildman–Crippen MR) is 38.7 cm³/mol. The van der Waals surface area contributed by atoms with Crippen LogP contribution < -0.4 is 0 Å². The van der Waals surface area contributed by atoms with Gasteiger partial charge in [0.15, 0.2) is 0 Å². The van der Waals surface area contributed by atoms with Crippen molar-refractivity contribution in [1.29, 1.82) is 0 Å². The third-order valence-corrected chi connectivity index (χ3v) is 1.70. The van der Waals surface area contributed by atoms with Crippen LogP contribution in [0.25, 0.3) is 11.1 Å². The topological polar surface area (TPSA) is 86.3 Å². The molecule has 0 spiro atoms. The zero-order chi connectivity index (χ0) is 8.88. The van der Waals surface area contributed by atoms with Gasteiger partial charge in [0.25, 0.3) is 0 Å². The first kappa shape index (κ1) is 6.71. The van der Waals surface area contributed by atoms with Gasteiger partial charge in [-0.15, -0.1) is 0 Å². The summed E-state index contributed by atoms with van der Waals surface area (Å²) in [7, 11) is 0. The van der Waals surface area contributed by atoms with Gasteiger partial charge < -0.3 is 0 Å². The molecule has 12 heavy (non-hydrogen) atoms. The SMILES string of the molecule is O=[N+]([O-])c1cc2cc-2c1[N+](=O)[O-]. The Morgan fingerprint density at radius 2 is 1.75 bits per heavy atom. The number of rotatable bonds is 2. The molecule has 0 aromatic heterocycles. The highest BCUT2D eigenvalue weighted by atomic mass is 16.6. The summed E-state index contributed by atoms with van der Waals surface area (Å²) in [6.45, 7) is 0. The molecule has 0 amide bonds. The lowest BCUT2D eigenvalue weighted by Crippen LogP contribution is -1.92. The predicted octanol–water partition coefficient (Wildman–Crippen LogP) is 1.48. The van der Waals surface area contributed by atoms with Crippen LogP contribution >= 0.6 is 0 Å². The summed E-state index contributed by atoms with van der Waals surface area (Å²) in [5.41, 5.74) is 0.211. The fourth-order valence-electron chi connectivity index (χ4n) is 1.13. The second-order valence-corrected chi connectivity index (χ2v) is 2.41. The van der Waals surface area contributed by atoms with Gasteiger partial charge in [-0.1, -0.05) is 0 Å². The van der Waals surface area contributed by atoms with Crippen molar-refractivity contribution < 1.29 is 9.85 Å². The van der Waals surface area contributed by atoms with E-state index in [0.717, 1.165) is 0 Å². The Kier molecular flexibility index (Phi) is 0.999. The first-order chi connectivity index (χ1) is 5.61. The third kappa shape index (κ3) is 0.685. The van der Waals surface area contributed by atoms with Crippen molar-refractivity contribution in [2.75, 3.05) is 0 Å². The van der Waals surface area contributed by atoms with Crippen molar-refractivity contribution in [3.63, 3.8) is 0 Å². The lowest BCUT2D eigenvalue weighted by atomic mass is 10.4. The molecular weight excluding hydrogens is 164 g/mol. The van der Waals surface area contributed by atoms with Gasteiger partial charge >= 0.3 is 11.4 Å². The smallest absolute Gasteiger partial charge is 0.258 e. The average Bonchev–Trinajstić information content (AvgIpc) is 2.60. The normalized spacial score (nSPS) is 11.0. The third-order valence-electron chi connectivity index (χ3n) is 1.70. The van der Waals surface area contributed by atoms with E-state index >= 15 is 0 Å². The lowest BCUT2D eigenvalue weighted by Gasteiger charge is -1.86. The van der Waals surface area contributed by atoms with Crippen LogP contribution in [0.1, 0.15) is 0 Å². The van der Waals surface area contributed by atoms with E-state index in [-0.39, 0.29) is 5.69 Å². The Hall–Kier alpha value is -1.98. The number of nitro groups is 2. The Morgan fingerprint density at radius 1 is 1.08 bits per heavy atom. The number of nitro benzene ring substituents is 2. The Bertz CT molecular complexity index is 412. The van der Waals surface area contributed by atoms with Crippen LogP contribution in [0.5, 0.6) is 0 Å². The maximum absolute atomic E-state index is 10.3. The molecule has 0 aromatic carbocycles. The van der Waals surface area contributed by atoms with E-state index in [9.17, 15) is 20.2 Å². The minimum absolute atomic E-state index is 0.380. The van der Waals surface area contributed by atoms with E-state index in [1.54, 1.807) is 6.07 Å². The van der Waals surface area contributed by atoms with Crippen LogP contribution in [0, 0.1) is 20.2 Å². The number of hydrogen-bond acceptors (Lipinski definition) is 4. The van der Waals surface area contributed by atoms with Gasteiger partial charge in [0.05, 0.1) is 15.4 Å². The van der Waals surface area contributed by atoms with Gasteiger partial charge in [0, 0.05) is 6.07 Å². The summed E-state index contributed by atoms with van der Waals surface area (Å²) in [4.78, 5) is 19.1. The summed E-state index contributed by atoms with van der Waals surface area (Å²) >= 11 is 0. The lowest BCUT2D eigenvalue weighted by molar-refractivity contribution is -0.421. The van der Waals surface area contributed by atoms with Crippen LogP contribution in [-0.2, 0) is 0 Å². The quantitative estimate of drug-likeness (QED) is 0.499. The van der Waals surface area contributed by atoms with Gasteiger partial charge in [0.2, 0.25) is 0 Å². The highest BCUT2D eigenvalue weighted by molar-refractivity contribution is 5.95. The minimum Gasteiger partial charge on any atom is -0.258 e. The summed E-state index contributed by atoms with van der Waals surface area (Å²) in [6.07, 6.45) is 0. The average molecular weight is 166 g/mol. The summed E-state index contributed by atoms with van der Waals surface area (Å²) in [6, 6.07) is 2.76. The van der Waals surface area contributed by atoms with E-state index in [0.29, 0.717) is 11.1 Å². The van der Waals surface area contributed by atoms with Crippen molar-refractivity contribution in [3.05, 3.63) is 32.4 Å². The van der Waals surface area contributed by atoms with Crippen molar-refractivity contribution in [2.45, 2.75) is 0 Å². The second-order valence-electron chi connectivity index (χ2n) is 2.41. The molecule has 0 radical (unpaired) electrons. The number of nitrogens with zero attached hydrogens (tertiary/aromatic N) is 2. The molecule has 0 aromatic rings. The molecule has 0 atom stereocenters. The van der Waals surface area contributed by atoms with Crippen molar-refractivity contribution >= 4 is 11.4 Å². The van der Waals surface area contributed by atoms with E-state index < -0.39 is 15.5 Å². The molecule has 2 rings (SSSR count). The molecule has 6 heteroatoms. The van der Waals surface area contributed by atoms with Gasteiger partial charge in [-0.3, -0.25) is 20.2 Å². The molecule has 0 saturated heterocycles. The number of hydrogen-bond donors (Lipinski definition) is 0. The molecule has 6 nitrogen and oxygen atoms in total. The fourth-order valence-corrected chi connectivity index (χ4v) is 1.13. The molecule has 0 heterocycles. The Morgan fingerprint density at radius 3 is 2.17 bits per heavy atom. The molecule has 0 saturated carbocycles. The number of fused-ring (bicyclic) bond motifs is 1. The van der Waals surface area contributed by atoms with Gasteiger partial charge in [-0.25, -0.2) is 0 Å².